The fourth-order valence-electron chi connectivity index (χ4n) is 0.941. The number of halogens is 7. The zero-order chi connectivity index (χ0) is 18.6. The van der Waals surface area contributed by atoms with Gasteiger partial charge >= 0.3 is 24.3 Å². The zero-order valence-corrected chi connectivity index (χ0v) is 12.9. The summed E-state index contributed by atoms with van der Waals surface area (Å²) in [6.45, 7) is 3.73. The predicted molar refractivity (Wildman–Crippen MR) is 67.4 cm³/mol. The SMILES string of the molecule is Cc1c[nH]c(=O)c(C)c1Br.O=C(OC(=O)C(F)(F)F)C(F)(F)F. The van der Waals surface area contributed by atoms with Crippen molar-refractivity contribution < 1.29 is 40.7 Å². The third-order valence-electron chi connectivity index (χ3n) is 2.08. The van der Waals surface area contributed by atoms with Crippen molar-refractivity contribution in [3.8, 4) is 0 Å². The fraction of sp³-hybridized carbons (Fsp3) is 0.364. The molecule has 1 rings (SSSR count). The quantitative estimate of drug-likeness (QED) is 0.404. The number of pyridine rings is 1. The first-order valence-corrected chi connectivity index (χ1v) is 6.21. The number of carbonyl (C=O) groups is 2. The minimum atomic E-state index is -5.62. The summed E-state index contributed by atoms with van der Waals surface area (Å²) >= 11 is 3.31. The topological polar surface area (TPSA) is 76.2 Å². The molecule has 0 spiro atoms. The summed E-state index contributed by atoms with van der Waals surface area (Å²) < 4.78 is 70.6. The molecule has 0 aliphatic rings. The number of hydrogen-bond donors (Lipinski definition) is 1. The van der Waals surface area contributed by atoms with Gasteiger partial charge in [0, 0.05) is 16.2 Å². The Balaban J connectivity index is 0.000000433. The molecule has 0 aliphatic heterocycles. The molecule has 5 nitrogen and oxygen atoms in total. The van der Waals surface area contributed by atoms with Crippen LogP contribution in [-0.4, -0.2) is 29.3 Å². The molecule has 0 bridgehead atoms. The first kappa shape index (κ1) is 21.1. The Morgan fingerprint density at radius 3 is 1.74 bits per heavy atom. The first-order valence-electron chi connectivity index (χ1n) is 5.42. The van der Waals surface area contributed by atoms with Crippen molar-refractivity contribution in [2.75, 3.05) is 0 Å². The third-order valence-corrected chi connectivity index (χ3v) is 3.30. The van der Waals surface area contributed by atoms with E-state index < -0.39 is 24.3 Å². The maximum atomic E-state index is 11.2. The average molecular weight is 412 g/mol. The Morgan fingerprint density at radius 1 is 1.04 bits per heavy atom. The van der Waals surface area contributed by atoms with Crippen molar-refractivity contribution in [1.82, 2.24) is 4.98 Å². The second kappa shape index (κ2) is 7.62. The van der Waals surface area contributed by atoms with Gasteiger partial charge in [0.05, 0.1) is 0 Å². The number of nitrogens with one attached hydrogen (secondary N) is 1. The van der Waals surface area contributed by atoms with Gasteiger partial charge in [0.25, 0.3) is 5.56 Å². The molecule has 130 valence electrons. The van der Waals surface area contributed by atoms with E-state index in [1.54, 1.807) is 13.1 Å². The molecule has 0 aromatic carbocycles. The van der Waals surface area contributed by atoms with Crippen LogP contribution in [0.1, 0.15) is 11.1 Å². The van der Waals surface area contributed by atoms with Gasteiger partial charge in [0.1, 0.15) is 0 Å². The van der Waals surface area contributed by atoms with E-state index in [2.05, 4.69) is 25.7 Å². The van der Waals surface area contributed by atoms with Gasteiger partial charge in [0.2, 0.25) is 0 Å². The number of H-pyrrole nitrogens is 1. The molecule has 0 unspecified atom stereocenters. The Kier molecular flexibility index (Phi) is 7.00. The van der Waals surface area contributed by atoms with Crippen LogP contribution in [0.5, 0.6) is 0 Å². The lowest BCUT2D eigenvalue weighted by Crippen LogP contribution is -2.34. The van der Waals surface area contributed by atoms with Crippen LogP contribution in [-0.2, 0) is 14.3 Å². The summed E-state index contributed by atoms with van der Waals surface area (Å²) in [5.74, 6) is -6.40. The van der Waals surface area contributed by atoms with Crippen molar-refractivity contribution in [2.24, 2.45) is 0 Å². The number of aryl methyl sites for hydroxylation is 1. The van der Waals surface area contributed by atoms with Crippen LogP contribution in [0, 0.1) is 13.8 Å². The minimum Gasteiger partial charge on any atom is -0.380 e. The van der Waals surface area contributed by atoms with Gasteiger partial charge in [-0.2, -0.15) is 26.3 Å². The lowest BCUT2D eigenvalue weighted by atomic mass is 10.2. The van der Waals surface area contributed by atoms with Gasteiger partial charge in [-0.05, 0) is 35.3 Å². The molecule has 0 atom stereocenters. The van der Waals surface area contributed by atoms with E-state index in [1.807, 2.05) is 6.92 Å². The molecule has 0 aliphatic carbocycles. The molecule has 0 saturated heterocycles. The summed E-state index contributed by atoms with van der Waals surface area (Å²) in [7, 11) is 0. The molecule has 0 fully saturated rings. The Hall–Kier alpha value is -1.85. The monoisotopic (exact) mass is 411 g/mol. The summed E-state index contributed by atoms with van der Waals surface area (Å²) in [5.41, 5.74) is 1.76. The molecule has 23 heavy (non-hydrogen) atoms. The number of ether oxygens (including phenoxy) is 1. The zero-order valence-electron chi connectivity index (χ0n) is 11.4. The number of hydrogen-bond acceptors (Lipinski definition) is 4. The van der Waals surface area contributed by atoms with Crippen LogP contribution in [0.3, 0.4) is 0 Å². The van der Waals surface area contributed by atoms with Gasteiger partial charge in [0.15, 0.2) is 0 Å². The molecule has 1 heterocycles. The van der Waals surface area contributed by atoms with E-state index in [-0.39, 0.29) is 5.56 Å². The molecule has 1 N–H and O–H groups in total. The highest BCUT2D eigenvalue weighted by atomic mass is 79.9. The normalized spacial score (nSPS) is 11.3. The van der Waals surface area contributed by atoms with Crippen LogP contribution in [0.15, 0.2) is 15.5 Å². The van der Waals surface area contributed by atoms with Crippen LogP contribution < -0.4 is 5.56 Å². The van der Waals surface area contributed by atoms with Gasteiger partial charge in [-0.1, -0.05) is 0 Å². The highest BCUT2D eigenvalue weighted by Crippen LogP contribution is 2.21. The lowest BCUT2D eigenvalue weighted by molar-refractivity contribution is -0.221. The van der Waals surface area contributed by atoms with E-state index in [4.69, 9.17) is 0 Å². The molecule has 1 aromatic rings. The van der Waals surface area contributed by atoms with Crippen molar-refractivity contribution in [3.05, 3.63) is 32.2 Å². The first-order chi connectivity index (χ1) is 10.2. The number of carbonyl (C=O) groups excluding carboxylic acids is 2. The number of esters is 2. The van der Waals surface area contributed by atoms with Crippen molar-refractivity contribution in [3.63, 3.8) is 0 Å². The minimum absolute atomic E-state index is 0.0301. The molecule has 1 aromatic heterocycles. The highest BCUT2D eigenvalue weighted by Gasteiger charge is 2.49. The molecule has 0 amide bonds. The van der Waals surface area contributed by atoms with Gasteiger partial charge in [-0.15, -0.1) is 0 Å². The van der Waals surface area contributed by atoms with Crippen LogP contribution in [0.2, 0.25) is 0 Å². The summed E-state index contributed by atoms with van der Waals surface area (Å²) in [6.07, 6.45) is -9.55. The molecule has 0 saturated carbocycles. The third kappa shape index (κ3) is 6.84. The standard InChI is InChI=1S/C7H8BrNO.C4F6O3/c1-4-3-9-7(10)5(2)6(4)8;5-3(6,7)1(11)13-2(12)4(8,9)10/h3H,1-2H3,(H,9,10);. The number of alkyl halides is 6. The Bertz CT molecular complexity index is 625. The highest BCUT2D eigenvalue weighted by molar-refractivity contribution is 9.10. The van der Waals surface area contributed by atoms with Crippen molar-refractivity contribution in [1.29, 1.82) is 0 Å². The molecular formula is C11H8BrF6NO4. The van der Waals surface area contributed by atoms with Gasteiger partial charge in [-0.25, -0.2) is 9.59 Å². The summed E-state index contributed by atoms with van der Waals surface area (Å²) in [5, 5.41) is 0. The maximum absolute atomic E-state index is 11.2. The average Bonchev–Trinajstić information content (AvgIpc) is 2.39. The van der Waals surface area contributed by atoms with Crippen LogP contribution in [0.25, 0.3) is 0 Å². The van der Waals surface area contributed by atoms with E-state index in [9.17, 15) is 40.7 Å². The Morgan fingerprint density at radius 2 is 1.43 bits per heavy atom. The lowest BCUT2D eigenvalue weighted by Gasteiger charge is -2.06. The molecule has 0 radical (unpaired) electrons. The number of rotatable bonds is 0. The molecular weight excluding hydrogens is 404 g/mol. The summed E-state index contributed by atoms with van der Waals surface area (Å²) in [4.78, 5) is 32.8. The number of aromatic nitrogens is 1. The second-order valence-corrected chi connectivity index (χ2v) is 4.71. The Labute approximate surface area is 132 Å². The fourth-order valence-corrected chi connectivity index (χ4v) is 1.24. The van der Waals surface area contributed by atoms with Gasteiger partial charge in [-0.3, -0.25) is 4.79 Å². The van der Waals surface area contributed by atoms with Gasteiger partial charge < -0.3 is 9.72 Å². The summed E-state index contributed by atoms with van der Waals surface area (Å²) in [6, 6.07) is 0. The maximum Gasteiger partial charge on any atom is 0.491 e. The van der Waals surface area contributed by atoms with E-state index in [0.717, 1.165) is 15.6 Å². The predicted octanol–water partition coefficient (Wildman–Crippen LogP) is 2.94. The number of aromatic amines is 1. The van der Waals surface area contributed by atoms with E-state index >= 15 is 0 Å². The second-order valence-electron chi connectivity index (χ2n) is 3.91. The van der Waals surface area contributed by atoms with E-state index in [0.29, 0.717) is 0 Å². The van der Waals surface area contributed by atoms with E-state index in [1.165, 1.54) is 0 Å². The smallest absolute Gasteiger partial charge is 0.380 e. The van der Waals surface area contributed by atoms with Crippen LogP contribution in [0.4, 0.5) is 26.3 Å². The van der Waals surface area contributed by atoms with Crippen molar-refractivity contribution >= 4 is 27.9 Å². The molecule has 12 heteroatoms. The largest absolute Gasteiger partial charge is 0.491 e. The van der Waals surface area contributed by atoms with Crippen molar-refractivity contribution in [2.45, 2.75) is 26.2 Å². The van der Waals surface area contributed by atoms with Crippen LogP contribution >= 0.6 is 15.9 Å².